The third-order valence-electron chi connectivity index (χ3n) is 4.86. The molecular weight excluding hydrogens is 514 g/mol. The van der Waals surface area contributed by atoms with E-state index in [4.69, 9.17) is 15.2 Å². The fourth-order valence-corrected chi connectivity index (χ4v) is 3.63. The Kier molecular flexibility index (Phi) is 9.28. The standard InChI is InChI=1S/C26H26BrN3O5/c1-2-34-23(14-15-24(32)30-21-11-7-6-10-20(21)28)25(19-16-17(27)12-13-22(19)31)35-26(33)29-18-8-4-3-5-9-18/h3-16,23,25,31H,2,28H2,1H3,(H,29,33)(H,30,32)/b15-14+/t23-,25-/m0/s1. The van der Waals surface area contributed by atoms with Crippen LogP contribution in [0.15, 0.2) is 89.4 Å². The van der Waals surface area contributed by atoms with E-state index < -0.39 is 24.2 Å². The van der Waals surface area contributed by atoms with Gasteiger partial charge in [-0.2, -0.15) is 0 Å². The van der Waals surface area contributed by atoms with Gasteiger partial charge in [0, 0.05) is 28.4 Å². The molecule has 0 aliphatic rings. The number of ether oxygens (including phenoxy) is 2. The van der Waals surface area contributed by atoms with Gasteiger partial charge in [0.05, 0.1) is 11.4 Å². The summed E-state index contributed by atoms with van der Waals surface area (Å²) >= 11 is 3.38. The van der Waals surface area contributed by atoms with Gasteiger partial charge in [-0.15, -0.1) is 0 Å². The van der Waals surface area contributed by atoms with Gasteiger partial charge >= 0.3 is 6.09 Å². The lowest BCUT2D eigenvalue weighted by Crippen LogP contribution is -2.28. The third kappa shape index (κ3) is 7.59. The lowest BCUT2D eigenvalue weighted by Gasteiger charge is -2.26. The number of hydrogen-bond donors (Lipinski definition) is 4. The number of amides is 2. The first-order chi connectivity index (χ1) is 16.9. The number of benzene rings is 3. The van der Waals surface area contributed by atoms with E-state index in [1.807, 2.05) is 6.07 Å². The lowest BCUT2D eigenvalue weighted by atomic mass is 10.0. The first kappa shape index (κ1) is 25.8. The molecule has 0 radical (unpaired) electrons. The first-order valence-corrected chi connectivity index (χ1v) is 11.6. The Bertz CT molecular complexity index is 1190. The molecule has 0 aliphatic heterocycles. The average Bonchev–Trinajstić information content (AvgIpc) is 2.84. The van der Waals surface area contributed by atoms with Crippen molar-refractivity contribution >= 4 is 45.0 Å². The van der Waals surface area contributed by atoms with Gasteiger partial charge in [-0.25, -0.2) is 4.79 Å². The second kappa shape index (κ2) is 12.6. The van der Waals surface area contributed by atoms with Crippen molar-refractivity contribution in [1.82, 2.24) is 0 Å². The zero-order valence-electron chi connectivity index (χ0n) is 19.0. The maximum absolute atomic E-state index is 12.7. The second-order valence-electron chi connectivity index (χ2n) is 7.38. The Balaban J connectivity index is 1.86. The van der Waals surface area contributed by atoms with Crippen LogP contribution >= 0.6 is 15.9 Å². The van der Waals surface area contributed by atoms with E-state index in [2.05, 4.69) is 26.6 Å². The molecule has 8 nitrogen and oxygen atoms in total. The summed E-state index contributed by atoms with van der Waals surface area (Å²) in [5.74, 6) is -0.538. The van der Waals surface area contributed by atoms with E-state index in [0.717, 1.165) is 0 Å². The molecule has 182 valence electrons. The van der Waals surface area contributed by atoms with Crippen LogP contribution in [0.2, 0.25) is 0 Å². The number of phenolic OH excluding ortho intramolecular Hbond substituents is 1. The van der Waals surface area contributed by atoms with Crippen molar-refractivity contribution in [3.05, 3.63) is 95.0 Å². The van der Waals surface area contributed by atoms with Crippen molar-refractivity contribution in [2.24, 2.45) is 0 Å². The average molecular weight is 540 g/mol. The van der Waals surface area contributed by atoms with Crippen molar-refractivity contribution in [3.8, 4) is 5.75 Å². The summed E-state index contributed by atoms with van der Waals surface area (Å²) in [4.78, 5) is 25.2. The van der Waals surface area contributed by atoms with Crippen molar-refractivity contribution in [1.29, 1.82) is 0 Å². The number of carbonyl (C=O) groups excluding carboxylic acids is 2. The van der Waals surface area contributed by atoms with Crippen molar-refractivity contribution < 1.29 is 24.2 Å². The number of aromatic hydroxyl groups is 1. The molecule has 0 spiro atoms. The Morgan fingerprint density at radius 2 is 1.77 bits per heavy atom. The minimum atomic E-state index is -1.07. The summed E-state index contributed by atoms with van der Waals surface area (Å²) in [6.07, 6.45) is 0.0363. The molecule has 5 N–H and O–H groups in total. The number of hydrogen-bond acceptors (Lipinski definition) is 6. The van der Waals surface area contributed by atoms with E-state index in [0.29, 0.717) is 27.1 Å². The molecule has 9 heteroatoms. The van der Waals surface area contributed by atoms with Crippen LogP contribution in [0.3, 0.4) is 0 Å². The fraction of sp³-hybridized carbons (Fsp3) is 0.154. The predicted octanol–water partition coefficient (Wildman–Crippen LogP) is 5.63. The highest BCUT2D eigenvalue weighted by Crippen LogP contribution is 2.34. The molecule has 0 unspecified atom stereocenters. The van der Waals surface area contributed by atoms with E-state index >= 15 is 0 Å². The van der Waals surface area contributed by atoms with Crippen LogP contribution in [0, 0.1) is 0 Å². The number of nitrogens with one attached hydrogen (secondary N) is 2. The molecule has 3 aromatic carbocycles. The molecule has 0 saturated heterocycles. The summed E-state index contributed by atoms with van der Waals surface area (Å²) < 4.78 is 12.2. The van der Waals surface area contributed by atoms with Gasteiger partial charge in [0.1, 0.15) is 11.9 Å². The molecule has 0 aromatic heterocycles. The molecule has 35 heavy (non-hydrogen) atoms. The largest absolute Gasteiger partial charge is 0.508 e. The minimum Gasteiger partial charge on any atom is -0.508 e. The third-order valence-corrected chi connectivity index (χ3v) is 5.36. The van der Waals surface area contributed by atoms with Gasteiger partial charge in [-0.1, -0.05) is 46.3 Å². The van der Waals surface area contributed by atoms with E-state index in [1.54, 1.807) is 67.6 Å². The molecule has 3 rings (SSSR count). The number of carbonyl (C=O) groups is 2. The van der Waals surface area contributed by atoms with Crippen molar-refractivity contribution in [2.75, 3.05) is 23.0 Å². The van der Waals surface area contributed by atoms with E-state index in [1.165, 1.54) is 18.2 Å². The Morgan fingerprint density at radius 1 is 1.06 bits per heavy atom. The SMILES string of the molecule is CCO[C@@H](/C=C/C(=O)Nc1ccccc1N)[C@@H](OC(=O)Nc1ccccc1)c1cc(Br)ccc1O. The monoisotopic (exact) mass is 539 g/mol. The molecule has 3 aromatic rings. The minimum absolute atomic E-state index is 0.0923. The number of rotatable bonds is 9. The summed E-state index contributed by atoms with van der Waals surface area (Å²) in [7, 11) is 0. The molecule has 0 saturated carbocycles. The molecule has 0 fully saturated rings. The van der Waals surface area contributed by atoms with Gasteiger partial charge in [-0.3, -0.25) is 10.1 Å². The van der Waals surface area contributed by atoms with Gasteiger partial charge in [0.15, 0.2) is 6.10 Å². The number of anilines is 3. The predicted molar refractivity (Wildman–Crippen MR) is 139 cm³/mol. The summed E-state index contributed by atoms with van der Waals surface area (Å²) in [6.45, 7) is 2.03. The number of phenols is 1. The molecule has 2 amide bonds. The van der Waals surface area contributed by atoms with Crippen LogP contribution < -0.4 is 16.4 Å². The number of nitrogen functional groups attached to an aromatic ring is 1. The molecule has 0 aliphatic carbocycles. The van der Waals surface area contributed by atoms with Gasteiger partial charge in [0.2, 0.25) is 5.91 Å². The summed E-state index contributed by atoms with van der Waals surface area (Å²) in [5.41, 5.74) is 7.62. The molecular formula is C26H26BrN3O5. The number of nitrogens with two attached hydrogens (primary N) is 1. The fourth-order valence-electron chi connectivity index (χ4n) is 3.25. The smallest absolute Gasteiger partial charge is 0.412 e. The summed E-state index contributed by atoms with van der Waals surface area (Å²) in [5, 5.41) is 15.9. The number of para-hydroxylation sites is 3. The zero-order valence-corrected chi connectivity index (χ0v) is 20.6. The van der Waals surface area contributed by atoms with Crippen molar-refractivity contribution in [2.45, 2.75) is 19.1 Å². The topological polar surface area (TPSA) is 123 Å². The molecule has 0 bridgehead atoms. The van der Waals surface area contributed by atoms with Gasteiger partial charge < -0.3 is 25.6 Å². The highest BCUT2D eigenvalue weighted by Gasteiger charge is 2.29. The maximum atomic E-state index is 12.7. The zero-order chi connectivity index (χ0) is 25.2. The van der Waals surface area contributed by atoms with Crippen LogP contribution in [0.1, 0.15) is 18.6 Å². The lowest BCUT2D eigenvalue weighted by molar-refractivity contribution is -0.112. The molecule has 0 heterocycles. The van der Waals surface area contributed by atoms with Crippen LogP contribution in [0.5, 0.6) is 5.75 Å². The second-order valence-corrected chi connectivity index (χ2v) is 8.29. The first-order valence-electron chi connectivity index (χ1n) is 10.8. The Hall–Kier alpha value is -3.82. The van der Waals surface area contributed by atoms with Crippen LogP contribution in [-0.4, -0.2) is 29.8 Å². The highest BCUT2D eigenvalue weighted by molar-refractivity contribution is 9.10. The normalized spacial score (nSPS) is 12.6. The Morgan fingerprint density at radius 3 is 2.49 bits per heavy atom. The van der Waals surface area contributed by atoms with Gasteiger partial charge in [0.25, 0.3) is 0 Å². The Labute approximate surface area is 211 Å². The molecule has 2 atom stereocenters. The quantitative estimate of drug-likeness (QED) is 0.206. The van der Waals surface area contributed by atoms with Crippen LogP contribution in [0.25, 0.3) is 0 Å². The van der Waals surface area contributed by atoms with Crippen LogP contribution in [-0.2, 0) is 14.3 Å². The van der Waals surface area contributed by atoms with Gasteiger partial charge in [-0.05, 0) is 55.5 Å². The van der Waals surface area contributed by atoms with Crippen LogP contribution in [0.4, 0.5) is 21.9 Å². The van der Waals surface area contributed by atoms with E-state index in [9.17, 15) is 14.7 Å². The maximum Gasteiger partial charge on any atom is 0.412 e. The summed E-state index contributed by atoms with van der Waals surface area (Å²) in [6, 6.07) is 20.4. The van der Waals surface area contributed by atoms with E-state index in [-0.39, 0.29) is 12.4 Å². The van der Waals surface area contributed by atoms with Crippen molar-refractivity contribution in [3.63, 3.8) is 0 Å². The highest BCUT2D eigenvalue weighted by atomic mass is 79.9. The number of halogens is 1.